The molecule has 1 aliphatic heterocycles. The number of rotatable bonds is 11. The van der Waals surface area contributed by atoms with Gasteiger partial charge in [0, 0.05) is 23.4 Å². The van der Waals surface area contributed by atoms with Crippen LogP contribution in [0.3, 0.4) is 0 Å². The number of ketones is 1. The van der Waals surface area contributed by atoms with E-state index in [-0.39, 0.29) is 36.0 Å². The number of carbonyl (C=O) groups is 3. The predicted molar refractivity (Wildman–Crippen MR) is 130 cm³/mol. The number of Topliss-reactive ketones (excluding diaryl/α,β-unsaturated/α-hetero) is 1. The lowest BCUT2D eigenvalue weighted by Crippen LogP contribution is -2.52. The molecule has 0 saturated carbocycles. The van der Waals surface area contributed by atoms with Gasteiger partial charge in [0.25, 0.3) is 0 Å². The third-order valence-corrected chi connectivity index (χ3v) is 6.38. The van der Waals surface area contributed by atoms with Crippen molar-refractivity contribution < 1.29 is 23.5 Å². The number of hydrogen-bond donors (Lipinski definition) is 3. The maximum atomic E-state index is 14.1. The van der Waals surface area contributed by atoms with Crippen molar-refractivity contribution in [1.82, 2.24) is 10.6 Å². The zero-order valence-corrected chi connectivity index (χ0v) is 20.6. The first-order valence-electron chi connectivity index (χ1n) is 12.2. The summed E-state index contributed by atoms with van der Waals surface area (Å²) in [4.78, 5) is 38.7. The molecule has 8 nitrogen and oxygen atoms in total. The third kappa shape index (κ3) is 5.85. The SMILES string of the molecule is CCOC(=O)CCc1oc2ccccc2c1C(C(=O)C(NC(=O)C(C)N)C(C)C)C1CCCN1. The number of hydrogen-bond acceptors (Lipinski definition) is 7. The van der Waals surface area contributed by atoms with E-state index >= 15 is 0 Å². The normalized spacial score (nSPS) is 18.6. The number of carbonyl (C=O) groups excluding carboxylic acids is 3. The van der Waals surface area contributed by atoms with Crippen LogP contribution in [-0.4, -0.2) is 48.9 Å². The van der Waals surface area contributed by atoms with Gasteiger partial charge in [-0.2, -0.15) is 0 Å². The first-order chi connectivity index (χ1) is 16.2. The van der Waals surface area contributed by atoms with Gasteiger partial charge in [0.05, 0.1) is 31.0 Å². The fourth-order valence-corrected chi connectivity index (χ4v) is 4.67. The molecule has 8 heteroatoms. The second kappa shape index (κ2) is 11.6. The van der Waals surface area contributed by atoms with Gasteiger partial charge in [-0.05, 0) is 45.2 Å². The minimum Gasteiger partial charge on any atom is -0.466 e. The molecule has 34 heavy (non-hydrogen) atoms. The van der Waals surface area contributed by atoms with Crippen molar-refractivity contribution in [3.63, 3.8) is 0 Å². The molecule has 1 aromatic carbocycles. The molecule has 1 fully saturated rings. The van der Waals surface area contributed by atoms with Crippen molar-refractivity contribution in [3.8, 4) is 0 Å². The van der Waals surface area contributed by atoms with E-state index in [1.54, 1.807) is 13.8 Å². The van der Waals surface area contributed by atoms with E-state index in [4.69, 9.17) is 14.9 Å². The first-order valence-corrected chi connectivity index (χ1v) is 12.2. The largest absolute Gasteiger partial charge is 0.466 e. The lowest BCUT2D eigenvalue weighted by atomic mass is 9.79. The predicted octanol–water partition coefficient (Wildman–Crippen LogP) is 2.82. The lowest BCUT2D eigenvalue weighted by molar-refractivity contribution is -0.143. The van der Waals surface area contributed by atoms with Crippen LogP contribution in [0.2, 0.25) is 0 Å². The van der Waals surface area contributed by atoms with Crippen molar-refractivity contribution in [3.05, 3.63) is 35.6 Å². The maximum absolute atomic E-state index is 14.1. The molecule has 1 aliphatic rings. The van der Waals surface area contributed by atoms with Crippen LogP contribution >= 0.6 is 0 Å². The van der Waals surface area contributed by atoms with E-state index < -0.39 is 18.0 Å². The molecule has 0 bridgehead atoms. The van der Waals surface area contributed by atoms with Gasteiger partial charge in [-0.15, -0.1) is 0 Å². The maximum Gasteiger partial charge on any atom is 0.306 e. The molecule has 4 unspecified atom stereocenters. The Kier molecular flexibility index (Phi) is 8.85. The second-order valence-corrected chi connectivity index (χ2v) is 9.34. The number of nitrogens with one attached hydrogen (secondary N) is 2. The standard InChI is InChI=1S/C26H37N3O5/c1-5-33-21(30)13-12-20-22(17-9-6-7-11-19(17)34-20)23(18-10-8-14-28-18)25(31)24(15(2)3)29-26(32)16(4)27/h6-7,9,11,15-16,18,23-24,28H,5,8,10,12-14,27H2,1-4H3,(H,29,32). The first kappa shape index (κ1) is 25.9. The molecule has 1 amide bonds. The zero-order chi connectivity index (χ0) is 24.8. The third-order valence-electron chi connectivity index (χ3n) is 6.38. The fraction of sp³-hybridized carbons (Fsp3) is 0.577. The molecule has 0 spiro atoms. The van der Waals surface area contributed by atoms with Gasteiger partial charge in [0.15, 0.2) is 5.78 Å². The van der Waals surface area contributed by atoms with E-state index in [9.17, 15) is 14.4 Å². The Morgan fingerprint density at radius 2 is 1.97 bits per heavy atom. The van der Waals surface area contributed by atoms with Gasteiger partial charge >= 0.3 is 5.97 Å². The summed E-state index contributed by atoms with van der Waals surface area (Å²) in [5, 5.41) is 7.21. The highest BCUT2D eigenvalue weighted by atomic mass is 16.5. The topological polar surface area (TPSA) is 124 Å². The van der Waals surface area contributed by atoms with E-state index in [1.807, 2.05) is 38.1 Å². The highest BCUT2D eigenvalue weighted by Crippen LogP contribution is 2.38. The van der Waals surface area contributed by atoms with Crippen molar-refractivity contribution in [2.24, 2.45) is 11.7 Å². The number of para-hydroxylation sites is 1. The van der Waals surface area contributed by atoms with Crippen LogP contribution in [0.1, 0.15) is 64.2 Å². The van der Waals surface area contributed by atoms with Crippen LogP contribution in [0.4, 0.5) is 0 Å². The fourth-order valence-electron chi connectivity index (χ4n) is 4.67. The van der Waals surface area contributed by atoms with Crippen LogP contribution in [0.25, 0.3) is 11.0 Å². The summed E-state index contributed by atoms with van der Waals surface area (Å²) in [7, 11) is 0. The minimum absolute atomic E-state index is 0.0765. The van der Waals surface area contributed by atoms with E-state index in [2.05, 4.69) is 10.6 Å². The lowest BCUT2D eigenvalue weighted by Gasteiger charge is -2.30. The summed E-state index contributed by atoms with van der Waals surface area (Å²) < 4.78 is 11.3. The van der Waals surface area contributed by atoms with Gasteiger partial charge < -0.3 is 25.5 Å². The molecule has 3 rings (SSSR count). The van der Waals surface area contributed by atoms with Gasteiger partial charge in [-0.3, -0.25) is 14.4 Å². The van der Waals surface area contributed by atoms with Gasteiger partial charge in [-0.25, -0.2) is 0 Å². The number of aryl methyl sites for hydroxylation is 1. The molecule has 1 aromatic heterocycles. The summed E-state index contributed by atoms with van der Waals surface area (Å²) >= 11 is 0. The van der Waals surface area contributed by atoms with Crippen LogP contribution in [0, 0.1) is 5.92 Å². The highest BCUT2D eigenvalue weighted by Gasteiger charge is 2.40. The van der Waals surface area contributed by atoms with Crippen LogP contribution < -0.4 is 16.4 Å². The molecule has 0 radical (unpaired) electrons. The van der Waals surface area contributed by atoms with Crippen LogP contribution in [0.5, 0.6) is 0 Å². The molecule has 0 aliphatic carbocycles. The zero-order valence-electron chi connectivity index (χ0n) is 20.6. The smallest absolute Gasteiger partial charge is 0.306 e. The van der Waals surface area contributed by atoms with Crippen molar-refractivity contribution in [2.75, 3.05) is 13.2 Å². The van der Waals surface area contributed by atoms with Crippen LogP contribution in [0.15, 0.2) is 28.7 Å². The monoisotopic (exact) mass is 471 g/mol. The van der Waals surface area contributed by atoms with E-state index in [0.717, 1.165) is 30.3 Å². The Hall–Kier alpha value is -2.71. The van der Waals surface area contributed by atoms with Crippen LogP contribution in [-0.2, 0) is 25.5 Å². The Labute approximate surface area is 201 Å². The summed E-state index contributed by atoms with van der Waals surface area (Å²) in [6.45, 7) is 8.34. The van der Waals surface area contributed by atoms with Gasteiger partial charge in [-0.1, -0.05) is 32.0 Å². The molecule has 1 saturated heterocycles. The van der Waals surface area contributed by atoms with Gasteiger partial charge in [0.2, 0.25) is 5.91 Å². The highest BCUT2D eigenvalue weighted by molar-refractivity contribution is 5.99. The molecule has 2 heterocycles. The molecule has 186 valence electrons. The Morgan fingerprint density at radius 3 is 2.59 bits per heavy atom. The van der Waals surface area contributed by atoms with Crippen molar-refractivity contribution >= 4 is 28.6 Å². The number of furan rings is 1. The average molecular weight is 472 g/mol. The minimum atomic E-state index is -0.716. The second-order valence-electron chi connectivity index (χ2n) is 9.34. The number of esters is 1. The summed E-state index contributed by atoms with van der Waals surface area (Å²) in [6.07, 6.45) is 2.28. The summed E-state index contributed by atoms with van der Waals surface area (Å²) in [5.41, 5.74) is 7.24. The summed E-state index contributed by atoms with van der Waals surface area (Å²) in [6, 6.07) is 6.11. The quantitative estimate of drug-likeness (QED) is 0.431. The number of ether oxygens (including phenoxy) is 1. The number of nitrogens with two attached hydrogens (primary N) is 1. The molecule has 2 aromatic rings. The Balaban J connectivity index is 2.07. The summed E-state index contributed by atoms with van der Waals surface area (Å²) in [5.74, 6) is -0.788. The van der Waals surface area contributed by atoms with Crippen molar-refractivity contribution in [1.29, 1.82) is 0 Å². The van der Waals surface area contributed by atoms with Crippen molar-refractivity contribution in [2.45, 2.75) is 77.4 Å². The number of benzene rings is 1. The number of amides is 1. The Bertz CT molecular complexity index is 1010. The average Bonchev–Trinajstić information content (AvgIpc) is 3.45. The van der Waals surface area contributed by atoms with E-state index in [0.29, 0.717) is 24.4 Å². The molecule has 4 N–H and O–H groups in total. The molecular weight excluding hydrogens is 434 g/mol. The number of fused-ring (bicyclic) bond motifs is 1. The molecular formula is C26H37N3O5. The van der Waals surface area contributed by atoms with E-state index in [1.165, 1.54) is 0 Å². The molecule has 4 atom stereocenters. The van der Waals surface area contributed by atoms with Gasteiger partial charge in [0.1, 0.15) is 11.3 Å². The Morgan fingerprint density at radius 1 is 1.24 bits per heavy atom.